The number of ketones is 1. The van der Waals surface area contributed by atoms with Crippen molar-refractivity contribution in [1.29, 1.82) is 0 Å². The third kappa shape index (κ3) is 3.54. The van der Waals surface area contributed by atoms with Crippen molar-refractivity contribution < 1.29 is 13.8 Å². The number of hydrogen-bond acceptors (Lipinski definition) is 2. The standard InChI is InChI=1S/C20H18FN2O/c1-14-3-8-18(15(2)11-14)19-9-10-23(13-22-19)12-20(24)16-4-6-17(21)7-5-16/h3-11,13H,12H2,1-2H3/q+1. The van der Waals surface area contributed by atoms with Gasteiger partial charge in [0.15, 0.2) is 12.2 Å². The van der Waals surface area contributed by atoms with E-state index >= 15 is 0 Å². The van der Waals surface area contributed by atoms with Crippen molar-refractivity contribution in [3.05, 3.63) is 83.6 Å². The summed E-state index contributed by atoms with van der Waals surface area (Å²) in [6.07, 6.45) is 3.49. The molecule has 0 saturated heterocycles. The van der Waals surface area contributed by atoms with E-state index in [0.717, 1.165) is 11.3 Å². The fourth-order valence-corrected chi connectivity index (χ4v) is 2.63. The van der Waals surface area contributed by atoms with Crippen LogP contribution in [0.15, 0.2) is 61.1 Å². The summed E-state index contributed by atoms with van der Waals surface area (Å²) in [5, 5.41) is 0. The fourth-order valence-electron chi connectivity index (χ4n) is 2.63. The van der Waals surface area contributed by atoms with Gasteiger partial charge in [-0.05, 0) is 48.7 Å². The van der Waals surface area contributed by atoms with Crippen LogP contribution in [0.25, 0.3) is 11.3 Å². The van der Waals surface area contributed by atoms with Gasteiger partial charge < -0.3 is 0 Å². The van der Waals surface area contributed by atoms with Crippen LogP contribution in [0, 0.1) is 19.7 Å². The normalized spacial score (nSPS) is 10.6. The molecule has 3 rings (SSSR count). The van der Waals surface area contributed by atoms with Crippen molar-refractivity contribution in [3.8, 4) is 11.3 Å². The number of rotatable bonds is 4. The smallest absolute Gasteiger partial charge is 0.287 e. The second-order valence-corrected chi connectivity index (χ2v) is 5.87. The molecule has 0 aliphatic rings. The van der Waals surface area contributed by atoms with Crippen molar-refractivity contribution in [2.75, 3.05) is 0 Å². The van der Waals surface area contributed by atoms with Crippen LogP contribution >= 0.6 is 0 Å². The minimum absolute atomic E-state index is 0.0823. The number of Topliss-reactive ketones (excluding diaryl/α,β-unsaturated/α-hetero) is 1. The van der Waals surface area contributed by atoms with Crippen molar-refractivity contribution in [3.63, 3.8) is 0 Å². The third-order valence-electron chi connectivity index (χ3n) is 3.92. The fraction of sp³-hybridized carbons (Fsp3) is 0.150. The number of benzene rings is 2. The number of carbonyl (C=O) groups excluding carboxylic acids is 1. The number of hydrogen-bond donors (Lipinski definition) is 0. The van der Waals surface area contributed by atoms with Crippen molar-refractivity contribution in [1.82, 2.24) is 4.98 Å². The lowest BCUT2D eigenvalue weighted by Gasteiger charge is -2.04. The molecule has 0 aliphatic heterocycles. The molecule has 2 aromatic carbocycles. The molecule has 120 valence electrons. The Morgan fingerprint density at radius 2 is 1.83 bits per heavy atom. The first-order chi connectivity index (χ1) is 11.5. The predicted molar refractivity (Wildman–Crippen MR) is 90.1 cm³/mol. The Labute approximate surface area is 140 Å². The van der Waals surface area contributed by atoms with Gasteiger partial charge in [-0.15, -0.1) is 0 Å². The van der Waals surface area contributed by atoms with Crippen LogP contribution in [0.2, 0.25) is 0 Å². The van der Waals surface area contributed by atoms with E-state index in [0.29, 0.717) is 5.56 Å². The quantitative estimate of drug-likeness (QED) is 0.543. The molecule has 0 spiro atoms. The number of aryl methyl sites for hydroxylation is 2. The number of halogens is 1. The number of nitrogens with zero attached hydrogens (tertiary/aromatic N) is 2. The third-order valence-corrected chi connectivity index (χ3v) is 3.92. The van der Waals surface area contributed by atoms with Gasteiger partial charge >= 0.3 is 0 Å². The largest absolute Gasteiger partial charge is 0.290 e. The van der Waals surface area contributed by atoms with Crippen molar-refractivity contribution in [2.45, 2.75) is 20.4 Å². The van der Waals surface area contributed by atoms with Crippen molar-refractivity contribution >= 4 is 5.78 Å². The predicted octanol–water partition coefficient (Wildman–Crippen LogP) is 3.67. The zero-order valence-corrected chi connectivity index (χ0v) is 13.7. The summed E-state index contributed by atoms with van der Waals surface area (Å²) in [5.41, 5.74) is 4.83. The summed E-state index contributed by atoms with van der Waals surface area (Å²) in [4.78, 5) is 16.7. The lowest BCUT2D eigenvalue weighted by Crippen LogP contribution is -2.37. The van der Waals surface area contributed by atoms with E-state index < -0.39 is 0 Å². The van der Waals surface area contributed by atoms with Crippen molar-refractivity contribution in [2.24, 2.45) is 0 Å². The van der Waals surface area contributed by atoms with Crippen LogP contribution in [0.4, 0.5) is 4.39 Å². The number of carbonyl (C=O) groups is 1. The summed E-state index contributed by atoms with van der Waals surface area (Å²) in [6.45, 7) is 4.29. The Hall–Kier alpha value is -2.88. The summed E-state index contributed by atoms with van der Waals surface area (Å²) in [5.74, 6) is -0.431. The van der Waals surface area contributed by atoms with Gasteiger partial charge in [0.2, 0.25) is 5.78 Å². The molecular formula is C20H18FN2O+. The van der Waals surface area contributed by atoms with Gasteiger partial charge in [0, 0.05) is 17.2 Å². The summed E-state index contributed by atoms with van der Waals surface area (Å²) in [7, 11) is 0. The van der Waals surface area contributed by atoms with Crippen LogP contribution < -0.4 is 4.57 Å². The first kappa shape index (κ1) is 16.0. The lowest BCUT2D eigenvalue weighted by molar-refractivity contribution is -0.686. The summed E-state index contributed by atoms with van der Waals surface area (Å²) < 4.78 is 14.6. The van der Waals surface area contributed by atoms with E-state index in [2.05, 4.69) is 37.0 Å². The molecule has 1 aromatic heterocycles. The topological polar surface area (TPSA) is 33.8 Å². The zero-order chi connectivity index (χ0) is 17.1. The maximum Gasteiger partial charge on any atom is 0.287 e. The molecule has 1 heterocycles. The van der Waals surface area contributed by atoms with Gasteiger partial charge in [-0.25, -0.2) is 8.96 Å². The minimum Gasteiger partial charge on any atom is -0.290 e. The van der Waals surface area contributed by atoms with E-state index in [4.69, 9.17) is 0 Å². The van der Waals surface area contributed by atoms with Gasteiger partial charge in [-0.1, -0.05) is 23.8 Å². The Bertz CT molecular complexity index is 871. The summed E-state index contributed by atoms with van der Waals surface area (Å²) >= 11 is 0. The van der Waals surface area contributed by atoms with E-state index in [-0.39, 0.29) is 18.1 Å². The van der Waals surface area contributed by atoms with E-state index in [9.17, 15) is 9.18 Å². The molecule has 0 amide bonds. The van der Waals surface area contributed by atoms with Gasteiger partial charge in [-0.2, -0.15) is 0 Å². The second kappa shape index (κ2) is 6.71. The monoisotopic (exact) mass is 321 g/mol. The average molecular weight is 321 g/mol. The van der Waals surface area contributed by atoms with Gasteiger partial charge in [-0.3, -0.25) is 4.79 Å². The molecule has 0 saturated carbocycles. The highest BCUT2D eigenvalue weighted by Crippen LogP contribution is 2.21. The molecule has 24 heavy (non-hydrogen) atoms. The molecule has 3 nitrogen and oxygen atoms in total. The van der Waals surface area contributed by atoms with Gasteiger partial charge in [0.25, 0.3) is 6.33 Å². The van der Waals surface area contributed by atoms with Crippen LogP contribution in [0.1, 0.15) is 21.5 Å². The molecule has 4 heteroatoms. The molecule has 0 radical (unpaired) electrons. The Morgan fingerprint density at radius 3 is 2.46 bits per heavy atom. The lowest BCUT2D eigenvalue weighted by atomic mass is 10.0. The Kier molecular flexibility index (Phi) is 4.47. The Morgan fingerprint density at radius 1 is 1.08 bits per heavy atom. The van der Waals surface area contributed by atoms with E-state index in [1.165, 1.54) is 35.4 Å². The highest BCUT2D eigenvalue weighted by molar-refractivity contribution is 5.94. The molecule has 0 bridgehead atoms. The van der Waals surface area contributed by atoms with Crippen LogP contribution in [-0.2, 0) is 6.54 Å². The maximum absolute atomic E-state index is 12.9. The minimum atomic E-state index is -0.348. The van der Waals surface area contributed by atoms with Gasteiger partial charge in [0.1, 0.15) is 5.82 Å². The molecule has 0 aliphatic carbocycles. The average Bonchev–Trinajstić information content (AvgIpc) is 2.56. The van der Waals surface area contributed by atoms with Crippen LogP contribution in [0.3, 0.4) is 0 Å². The first-order valence-electron chi connectivity index (χ1n) is 7.74. The zero-order valence-electron chi connectivity index (χ0n) is 13.7. The highest BCUT2D eigenvalue weighted by atomic mass is 19.1. The SMILES string of the molecule is Cc1ccc(-c2cc[n+](CC(=O)c3ccc(F)cc3)cn2)c(C)c1. The summed E-state index contributed by atoms with van der Waals surface area (Å²) in [6, 6.07) is 13.7. The molecule has 3 aromatic rings. The molecular weight excluding hydrogens is 303 g/mol. The van der Waals surface area contributed by atoms with Crippen LogP contribution in [0.5, 0.6) is 0 Å². The molecule has 0 atom stereocenters. The Balaban J connectivity index is 1.77. The molecule has 0 N–H and O–H groups in total. The molecule has 0 fully saturated rings. The van der Waals surface area contributed by atoms with E-state index in [1.807, 2.05) is 12.3 Å². The molecule has 0 unspecified atom stereocenters. The van der Waals surface area contributed by atoms with Crippen LogP contribution in [-0.4, -0.2) is 10.8 Å². The first-order valence-corrected chi connectivity index (χ1v) is 7.74. The van der Waals surface area contributed by atoms with E-state index in [1.54, 1.807) is 10.9 Å². The second-order valence-electron chi connectivity index (χ2n) is 5.87. The maximum atomic E-state index is 12.9. The highest BCUT2D eigenvalue weighted by Gasteiger charge is 2.13. The van der Waals surface area contributed by atoms with Gasteiger partial charge in [0.05, 0.1) is 6.20 Å². The number of aromatic nitrogens is 2.